The van der Waals surface area contributed by atoms with E-state index in [2.05, 4.69) is 20.9 Å². The third kappa shape index (κ3) is 7.30. The number of anilines is 2. The molecule has 0 unspecified atom stereocenters. The smallest absolute Gasteiger partial charge is 0.273 e. The molecule has 0 saturated carbocycles. The summed E-state index contributed by atoms with van der Waals surface area (Å²) in [6.45, 7) is 1.37. The molecule has 1 aromatic heterocycles. The Kier molecular flexibility index (Phi) is 9.33. The number of carbonyl (C=O) groups is 3. The van der Waals surface area contributed by atoms with Crippen LogP contribution in [0, 0.1) is 0 Å². The number of benzene rings is 3. The minimum Gasteiger partial charge on any atom is -0.325 e. The zero-order valence-electron chi connectivity index (χ0n) is 24.7. The number of hydrogen-bond acceptors (Lipinski definition) is 5. The van der Waals surface area contributed by atoms with Crippen molar-refractivity contribution in [3.05, 3.63) is 113 Å². The van der Waals surface area contributed by atoms with Crippen LogP contribution in [0.2, 0.25) is 5.02 Å². The first kappa shape index (κ1) is 30.2. The molecule has 2 fully saturated rings. The fourth-order valence-corrected chi connectivity index (χ4v) is 5.98. The van der Waals surface area contributed by atoms with Gasteiger partial charge in [-0.05, 0) is 91.4 Å². The van der Waals surface area contributed by atoms with E-state index in [1.807, 2.05) is 78.9 Å². The molecule has 2 aliphatic heterocycles. The van der Waals surface area contributed by atoms with Gasteiger partial charge in [-0.1, -0.05) is 66.2 Å². The number of nitrogens with zero attached hydrogens (tertiary/aromatic N) is 2. The highest BCUT2D eigenvalue weighted by atomic mass is 35.5. The Bertz CT molecular complexity index is 1720. The maximum absolute atomic E-state index is 13.7. The third-order valence-electron chi connectivity index (χ3n) is 8.16. The summed E-state index contributed by atoms with van der Waals surface area (Å²) < 4.78 is 0. The van der Waals surface area contributed by atoms with Crippen LogP contribution in [0.5, 0.6) is 0 Å². The number of nitrogens with one attached hydrogen (secondary N) is 3. The van der Waals surface area contributed by atoms with Gasteiger partial charge in [0.2, 0.25) is 11.8 Å². The van der Waals surface area contributed by atoms with Gasteiger partial charge in [0, 0.05) is 34.7 Å². The van der Waals surface area contributed by atoms with Gasteiger partial charge < -0.3 is 20.9 Å². The lowest BCUT2D eigenvalue weighted by Crippen LogP contribution is -2.43. The van der Waals surface area contributed by atoms with Crippen LogP contribution in [0.25, 0.3) is 23.3 Å². The van der Waals surface area contributed by atoms with Crippen LogP contribution in [-0.4, -0.2) is 52.8 Å². The monoisotopic (exact) mass is 619 g/mol. The standard InChI is InChI=1S/C36H34ClN5O3/c37-27-6-1-5-26(23-27)30-7-2-21-39-33(30)36(45)42-22-4-9-32(42)35(44)41-29-18-14-25(15-19-29)11-10-24-12-16-28(17-13-24)40-34(43)31-8-3-20-38-31/h1-2,5-7,10-19,21,23,31-32,38H,3-4,8-9,20,22H2,(H,40,43)(H,41,44)/b11-10+/t31-,32-/m0/s1. The van der Waals surface area contributed by atoms with Gasteiger partial charge >= 0.3 is 0 Å². The van der Waals surface area contributed by atoms with Gasteiger partial charge in [0.15, 0.2) is 0 Å². The number of aromatic nitrogens is 1. The van der Waals surface area contributed by atoms with Crippen molar-refractivity contribution in [1.29, 1.82) is 0 Å². The molecule has 4 aromatic rings. The predicted molar refractivity (Wildman–Crippen MR) is 179 cm³/mol. The molecule has 6 rings (SSSR count). The van der Waals surface area contributed by atoms with Crippen LogP contribution in [-0.2, 0) is 9.59 Å². The minimum atomic E-state index is -0.589. The van der Waals surface area contributed by atoms with Crippen molar-refractivity contribution < 1.29 is 14.4 Å². The van der Waals surface area contributed by atoms with E-state index in [0.29, 0.717) is 34.9 Å². The maximum atomic E-state index is 13.7. The number of rotatable bonds is 8. The van der Waals surface area contributed by atoms with Crippen molar-refractivity contribution in [3.63, 3.8) is 0 Å². The minimum absolute atomic E-state index is 0.00589. The highest BCUT2D eigenvalue weighted by Crippen LogP contribution is 2.28. The van der Waals surface area contributed by atoms with Crippen LogP contribution in [0.15, 0.2) is 91.1 Å². The van der Waals surface area contributed by atoms with Gasteiger partial charge in [-0.2, -0.15) is 0 Å². The normalized spacial score (nSPS) is 17.8. The molecular formula is C36H34ClN5O3. The molecule has 0 radical (unpaired) electrons. The second-order valence-electron chi connectivity index (χ2n) is 11.3. The van der Waals surface area contributed by atoms with Gasteiger partial charge in [-0.15, -0.1) is 0 Å². The summed E-state index contributed by atoms with van der Waals surface area (Å²) in [7, 11) is 0. The summed E-state index contributed by atoms with van der Waals surface area (Å²) in [6.07, 6.45) is 8.78. The Morgan fingerprint density at radius 3 is 2.16 bits per heavy atom. The molecule has 2 atom stereocenters. The van der Waals surface area contributed by atoms with Crippen LogP contribution in [0.4, 0.5) is 11.4 Å². The molecule has 0 spiro atoms. The van der Waals surface area contributed by atoms with E-state index in [9.17, 15) is 14.4 Å². The summed E-state index contributed by atoms with van der Waals surface area (Å²) >= 11 is 6.20. The van der Waals surface area contributed by atoms with Crippen molar-refractivity contribution in [1.82, 2.24) is 15.2 Å². The topological polar surface area (TPSA) is 103 Å². The summed E-state index contributed by atoms with van der Waals surface area (Å²) in [5.41, 5.74) is 5.18. The average molecular weight is 620 g/mol. The summed E-state index contributed by atoms with van der Waals surface area (Å²) in [5, 5.41) is 9.73. The number of hydrogen-bond donors (Lipinski definition) is 3. The molecule has 0 bridgehead atoms. The van der Waals surface area contributed by atoms with E-state index in [1.54, 1.807) is 29.3 Å². The van der Waals surface area contributed by atoms with Gasteiger partial charge in [-0.25, -0.2) is 0 Å². The first-order valence-electron chi connectivity index (χ1n) is 15.2. The van der Waals surface area contributed by atoms with E-state index in [-0.39, 0.29) is 23.8 Å². The second-order valence-corrected chi connectivity index (χ2v) is 11.7. The molecule has 3 N–H and O–H groups in total. The van der Waals surface area contributed by atoms with E-state index < -0.39 is 6.04 Å². The first-order valence-corrected chi connectivity index (χ1v) is 15.6. The highest BCUT2D eigenvalue weighted by Gasteiger charge is 2.36. The number of pyridine rings is 1. The van der Waals surface area contributed by atoms with Crippen LogP contribution in [0.3, 0.4) is 0 Å². The maximum Gasteiger partial charge on any atom is 0.273 e. The van der Waals surface area contributed by atoms with Crippen molar-refractivity contribution in [2.75, 3.05) is 23.7 Å². The molecule has 3 heterocycles. The van der Waals surface area contributed by atoms with Crippen molar-refractivity contribution in [2.45, 2.75) is 37.8 Å². The van der Waals surface area contributed by atoms with Crippen molar-refractivity contribution in [3.8, 4) is 11.1 Å². The SMILES string of the molecule is O=C(Nc1ccc(/C=C/c2ccc(NC(=O)[C@@H]3CCCN3C(=O)c3ncccc3-c3cccc(Cl)c3)cc2)cc1)[C@@H]1CCCN1. The fourth-order valence-electron chi connectivity index (χ4n) is 5.79. The molecule has 9 heteroatoms. The second kappa shape index (κ2) is 13.9. The molecule has 0 aliphatic carbocycles. The van der Waals surface area contributed by atoms with Crippen LogP contribution in [0.1, 0.15) is 47.3 Å². The van der Waals surface area contributed by atoms with Gasteiger partial charge in [0.05, 0.1) is 6.04 Å². The molecule has 228 valence electrons. The van der Waals surface area contributed by atoms with Gasteiger partial charge in [0.25, 0.3) is 5.91 Å². The number of amides is 3. The molecule has 3 amide bonds. The summed E-state index contributed by atoms with van der Waals surface area (Å²) in [6, 6.07) is 25.5. The van der Waals surface area contributed by atoms with E-state index in [0.717, 1.165) is 48.2 Å². The first-order chi connectivity index (χ1) is 21.9. The molecule has 2 aliphatic rings. The van der Waals surface area contributed by atoms with Crippen LogP contribution >= 0.6 is 11.6 Å². The van der Waals surface area contributed by atoms with Gasteiger partial charge in [0.1, 0.15) is 11.7 Å². The number of halogens is 1. The zero-order chi connectivity index (χ0) is 31.2. The largest absolute Gasteiger partial charge is 0.325 e. The Morgan fingerprint density at radius 2 is 1.51 bits per heavy atom. The quantitative estimate of drug-likeness (QED) is 0.195. The molecule has 45 heavy (non-hydrogen) atoms. The van der Waals surface area contributed by atoms with E-state index >= 15 is 0 Å². The predicted octanol–water partition coefficient (Wildman–Crippen LogP) is 6.51. The van der Waals surface area contributed by atoms with E-state index in [1.165, 1.54) is 0 Å². The number of carbonyl (C=O) groups excluding carboxylic acids is 3. The van der Waals surface area contributed by atoms with Gasteiger partial charge in [-0.3, -0.25) is 19.4 Å². The summed E-state index contributed by atoms with van der Waals surface area (Å²) in [4.78, 5) is 45.3. The van der Waals surface area contributed by atoms with Crippen molar-refractivity contribution >= 4 is 52.8 Å². The van der Waals surface area contributed by atoms with Crippen molar-refractivity contribution in [2.24, 2.45) is 0 Å². The lowest BCUT2D eigenvalue weighted by atomic mass is 10.0. The lowest BCUT2D eigenvalue weighted by molar-refractivity contribution is -0.120. The Morgan fingerprint density at radius 1 is 0.822 bits per heavy atom. The Labute approximate surface area is 267 Å². The summed E-state index contributed by atoms with van der Waals surface area (Å²) in [5.74, 6) is -0.489. The average Bonchev–Trinajstić information content (AvgIpc) is 3.79. The zero-order valence-corrected chi connectivity index (χ0v) is 25.5. The molecule has 2 saturated heterocycles. The van der Waals surface area contributed by atoms with E-state index in [4.69, 9.17) is 11.6 Å². The molecule has 3 aromatic carbocycles. The third-order valence-corrected chi connectivity index (χ3v) is 8.40. The molecular weight excluding hydrogens is 586 g/mol. The Balaban J connectivity index is 1.06. The van der Waals surface area contributed by atoms with Crippen LogP contribution < -0.4 is 16.0 Å². The number of likely N-dealkylation sites (tertiary alicyclic amines) is 1. The Hall–Kier alpha value is -4.79. The molecule has 8 nitrogen and oxygen atoms in total. The lowest BCUT2D eigenvalue weighted by Gasteiger charge is -2.24. The fraction of sp³-hybridized carbons (Fsp3) is 0.222. The highest BCUT2D eigenvalue weighted by molar-refractivity contribution is 6.30.